The summed E-state index contributed by atoms with van der Waals surface area (Å²) < 4.78 is 19.9. The van der Waals surface area contributed by atoms with Crippen molar-refractivity contribution in [1.29, 1.82) is 0 Å². The number of ether oxygens (including phenoxy) is 2. The minimum Gasteiger partial charge on any atom is -0.457 e. The smallest absolute Gasteiger partial charge is 0.254 e. The third-order valence-corrected chi connectivity index (χ3v) is 12.1. The monoisotopic (exact) mass is 802 g/mol. The summed E-state index contributed by atoms with van der Waals surface area (Å²) in [6.45, 7) is 0. The van der Waals surface area contributed by atoms with Gasteiger partial charge in [-0.15, -0.1) is 10.2 Å². The van der Waals surface area contributed by atoms with Crippen molar-refractivity contribution in [2.75, 3.05) is 0 Å². The number of benzene rings is 6. The molecule has 0 bridgehead atoms. The number of para-hydroxylation sites is 2. The van der Waals surface area contributed by atoms with E-state index in [1.54, 1.807) is 0 Å². The Labute approximate surface area is 353 Å². The van der Waals surface area contributed by atoms with Crippen LogP contribution in [0.1, 0.15) is 17.8 Å². The highest BCUT2D eigenvalue weighted by Gasteiger charge is 2.22. The Kier molecular flexibility index (Phi) is 7.56. The summed E-state index contributed by atoms with van der Waals surface area (Å²) in [5.41, 5.74) is 7.98. The summed E-state index contributed by atoms with van der Waals surface area (Å²) in [7, 11) is 0. The number of aryl methyl sites for hydroxylation is 2. The van der Waals surface area contributed by atoms with Crippen LogP contribution in [-0.2, 0) is 12.8 Å². The van der Waals surface area contributed by atoms with E-state index in [-0.39, 0.29) is 0 Å². The summed E-state index contributed by atoms with van der Waals surface area (Å²) >= 11 is 0. The molecule has 0 saturated heterocycles. The molecule has 0 amide bonds. The topological polar surface area (TPSA) is 97.7 Å². The fourth-order valence-corrected chi connectivity index (χ4v) is 9.37. The Balaban J connectivity index is 0.929. The molecule has 0 spiro atoms. The van der Waals surface area contributed by atoms with Crippen molar-refractivity contribution in [2.45, 2.75) is 19.3 Å². The molecule has 0 radical (unpaired) electrons. The summed E-state index contributed by atoms with van der Waals surface area (Å²) in [5.74, 6) is 5.01. The van der Waals surface area contributed by atoms with Gasteiger partial charge in [-0.3, -0.25) is 13.7 Å². The maximum atomic E-state index is 6.71. The van der Waals surface area contributed by atoms with Gasteiger partial charge in [-0.2, -0.15) is 0 Å². The molecule has 62 heavy (non-hydrogen) atoms. The van der Waals surface area contributed by atoms with Crippen LogP contribution in [-0.4, -0.2) is 38.9 Å². The van der Waals surface area contributed by atoms with E-state index in [4.69, 9.17) is 29.5 Å². The molecule has 13 rings (SSSR count). The maximum Gasteiger partial charge on any atom is 0.254 e. The quantitative estimate of drug-likeness (QED) is 0.158. The number of hydrogen-bond acceptors (Lipinski definition) is 7. The standard InChI is InChI=1S/C52H34N8O2/c1-3-14-44-36(10-1)38-22-18-32(28-46(38)58(44)50-16-5-7-26-53-50)61-34-20-24-40-41-25-21-35(31-49(41)60(48(40)30-34)52-55-42-12-9-13-43(42)56-57-52)62-33-19-23-39-37-11-2-4-15-45(37)59(47(39)29-33)51-17-6-8-27-54-51/h1-8,10-11,14-31H,9,12-13H2. The molecule has 0 atom stereocenters. The zero-order valence-corrected chi connectivity index (χ0v) is 33.2. The van der Waals surface area contributed by atoms with E-state index in [1.165, 1.54) is 0 Å². The number of fused-ring (bicyclic) bond motifs is 10. The number of nitrogens with zero attached hydrogens (tertiary/aromatic N) is 8. The summed E-state index contributed by atoms with van der Waals surface area (Å²) in [6.07, 6.45) is 6.45. The first-order chi connectivity index (χ1) is 30.7. The van der Waals surface area contributed by atoms with Crippen molar-refractivity contribution < 1.29 is 9.47 Å². The van der Waals surface area contributed by atoms with E-state index in [0.717, 1.165) is 108 Å². The van der Waals surface area contributed by atoms with Gasteiger partial charge in [0.05, 0.1) is 44.5 Å². The van der Waals surface area contributed by atoms with E-state index in [2.05, 4.69) is 116 Å². The van der Waals surface area contributed by atoms with E-state index in [1.807, 2.05) is 73.1 Å². The lowest BCUT2D eigenvalue weighted by atomic mass is 10.1. The highest BCUT2D eigenvalue weighted by atomic mass is 16.5. The second-order valence-electron chi connectivity index (χ2n) is 15.7. The van der Waals surface area contributed by atoms with Gasteiger partial charge in [-0.1, -0.05) is 48.5 Å². The minimum atomic E-state index is 0.516. The molecule has 0 fully saturated rings. The third-order valence-electron chi connectivity index (χ3n) is 12.1. The number of aromatic nitrogens is 8. The number of pyridine rings is 2. The predicted octanol–water partition coefficient (Wildman–Crippen LogP) is 12.0. The Morgan fingerprint density at radius 1 is 0.371 bits per heavy atom. The van der Waals surface area contributed by atoms with Crippen molar-refractivity contribution >= 4 is 65.4 Å². The molecule has 6 aromatic carbocycles. The van der Waals surface area contributed by atoms with Crippen molar-refractivity contribution in [3.05, 3.63) is 182 Å². The van der Waals surface area contributed by atoms with Gasteiger partial charge < -0.3 is 9.47 Å². The van der Waals surface area contributed by atoms with Gasteiger partial charge in [0.1, 0.15) is 34.6 Å². The molecule has 0 N–H and O–H groups in total. The minimum absolute atomic E-state index is 0.516. The highest BCUT2D eigenvalue weighted by Crippen LogP contribution is 2.40. The van der Waals surface area contributed by atoms with Crippen LogP contribution in [0, 0.1) is 0 Å². The Bertz CT molecular complexity index is 3530. The summed E-state index contributed by atoms with van der Waals surface area (Å²) in [4.78, 5) is 14.5. The lowest BCUT2D eigenvalue weighted by Crippen LogP contribution is -2.06. The van der Waals surface area contributed by atoms with Crippen molar-refractivity contribution in [3.8, 4) is 40.6 Å². The first-order valence-electron chi connectivity index (χ1n) is 20.8. The Morgan fingerprint density at radius 3 is 1.26 bits per heavy atom. The molecule has 6 aromatic heterocycles. The lowest BCUT2D eigenvalue weighted by Gasteiger charge is -2.11. The zero-order valence-electron chi connectivity index (χ0n) is 33.2. The van der Waals surface area contributed by atoms with E-state index < -0.39 is 0 Å². The molecule has 1 aliphatic rings. The summed E-state index contributed by atoms with van der Waals surface area (Å²) in [6, 6.07) is 53.7. The Morgan fingerprint density at radius 2 is 0.790 bits per heavy atom. The lowest BCUT2D eigenvalue weighted by molar-refractivity contribution is 0.484. The van der Waals surface area contributed by atoms with Gasteiger partial charge in [-0.25, -0.2) is 15.0 Å². The van der Waals surface area contributed by atoms with Gasteiger partial charge in [0.15, 0.2) is 0 Å². The molecule has 0 aliphatic heterocycles. The molecular formula is C52H34N8O2. The van der Waals surface area contributed by atoms with Crippen molar-refractivity contribution in [3.63, 3.8) is 0 Å². The fourth-order valence-electron chi connectivity index (χ4n) is 9.37. The maximum absolute atomic E-state index is 6.71. The molecule has 10 nitrogen and oxygen atoms in total. The van der Waals surface area contributed by atoms with Crippen LogP contribution in [0.4, 0.5) is 0 Å². The average Bonchev–Trinajstić information content (AvgIpc) is 4.08. The van der Waals surface area contributed by atoms with E-state index in [0.29, 0.717) is 28.9 Å². The molecule has 0 unspecified atom stereocenters. The number of hydrogen-bond donors (Lipinski definition) is 0. The van der Waals surface area contributed by atoms with Gasteiger partial charge in [0, 0.05) is 69.0 Å². The average molecular weight is 803 g/mol. The molecule has 10 heteroatoms. The Hall–Kier alpha value is -8.37. The van der Waals surface area contributed by atoms with Crippen LogP contribution < -0.4 is 9.47 Å². The second kappa shape index (κ2) is 13.6. The van der Waals surface area contributed by atoms with Crippen LogP contribution in [0.5, 0.6) is 23.0 Å². The SMILES string of the molecule is c1ccc(-n2c3ccccc3c3ccc(Oc4ccc5c6ccc(Oc7ccc8c9ccccc9n(-c9ccccn9)c8c7)cc6n(-c6nnc7c(n6)CCC7)c5c4)cc32)nc1. The van der Waals surface area contributed by atoms with Crippen LogP contribution in [0.25, 0.3) is 83.0 Å². The fraction of sp³-hybridized carbons (Fsp3) is 0.0577. The molecule has 0 saturated carbocycles. The van der Waals surface area contributed by atoms with E-state index in [9.17, 15) is 0 Å². The van der Waals surface area contributed by atoms with Crippen LogP contribution in [0.15, 0.2) is 170 Å². The summed E-state index contributed by atoms with van der Waals surface area (Å²) in [5, 5.41) is 16.0. The third kappa shape index (κ3) is 5.39. The van der Waals surface area contributed by atoms with E-state index >= 15 is 0 Å². The van der Waals surface area contributed by atoms with Crippen LogP contribution in [0.2, 0.25) is 0 Å². The van der Waals surface area contributed by atoms with Gasteiger partial charge in [-0.05, 0) is 104 Å². The van der Waals surface area contributed by atoms with Gasteiger partial charge in [0.2, 0.25) is 0 Å². The molecule has 6 heterocycles. The van der Waals surface area contributed by atoms with Gasteiger partial charge in [0.25, 0.3) is 5.95 Å². The normalized spacial score (nSPS) is 12.6. The largest absolute Gasteiger partial charge is 0.457 e. The first-order valence-corrected chi connectivity index (χ1v) is 20.8. The zero-order chi connectivity index (χ0) is 40.7. The predicted molar refractivity (Wildman–Crippen MR) is 243 cm³/mol. The highest BCUT2D eigenvalue weighted by molar-refractivity contribution is 6.11. The molecule has 12 aromatic rings. The second-order valence-corrected chi connectivity index (χ2v) is 15.7. The molecular weight excluding hydrogens is 769 g/mol. The molecule has 1 aliphatic carbocycles. The van der Waals surface area contributed by atoms with Crippen LogP contribution in [0.3, 0.4) is 0 Å². The van der Waals surface area contributed by atoms with Crippen molar-refractivity contribution in [1.82, 2.24) is 38.9 Å². The molecule has 294 valence electrons. The van der Waals surface area contributed by atoms with Crippen molar-refractivity contribution in [2.24, 2.45) is 0 Å². The van der Waals surface area contributed by atoms with Crippen LogP contribution >= 0.6 is 0 Å². The van der Waals surface area contributed by atoms with Gasteiger partial charge >= 0.3 is 0 Å². The first kappa shape index (κ1) is 34.5. The number of rotatable bonds is 7.